The molecule has 3 heterocycles. The smallest absolute Gasteiger partial charge is 0.382 e. The summed E-state index contributed by atoms with van der Waals surface area (Å²) in [7, 11) is -3.90. The Bertz CT molecular complexity index is 1670. The third kappa shape index (κ3) is 5.83. The number of alkyl halides is 3. The minimum atomic E-state index is -5.07. The second kappa shape index (κ2) is 11.1. The molecule has 0 unspecified atom stereocenters. The molecule has 3 aromatic heterocycles. The predicted molar refractivity (Wildman–Crippen MR) is 145 cm³/mol. The molecule has 0 saturated carbocycles. The van der Waals surface area contributed by atoms with Crippen LogP contribution in [-0.2, 0) is 21.1 Å². The molecule has 0 aliphatic heterocycles. The largest absolute Gasteiger partial charge is 0.471 e. The molecule has 1 atom stereocenters. The number of nitrogens with two attached hydrogens (primary N) is 1. The normalized spacial score (nSPS) is 13.2. The summed E-state index contributed by atoms with van der Waals surface area (Å²) in [6, 6.07) is 12.3. The highest BCUT2D eigenvalue weighted by Crippen LogP contribution is 2.31. The van der Waals surface area contributed by atoms with Crippen LogP contribution in [0.2, 0.25) is 0 Å². The Labute approximate surface area is 229 Å². The Morgan fingerprint density at radius 2 is 1.82 bits per heavy atom. The van der Waals surface area contributed by atoms with Gasteiger partial charge in [-0.05, 0) is 32.8 Å². The summed E-state index contributed by atoms with van der Waals surface area (Å²) in [6.45, 7) is 2.93. The van der Waals surface area contributed by atoms with Gasteiger partial charge in [0.25, 0.3) is 0 Å². The van der Waals surface area contributed by atoms with Crippen molar-refractivity contribution in [2.45, 2.75) is 43.8 Å². The standard InChI is InChI=1S/C27H27F3N6O3S/c1-4-14-35(26(37)27(28,29)30)17(2)10-12-22-23(40(3,38)39)24(31)36-25(34-22)20(16-33-36)19-11-13-21(32-15-19)18-8-6-5-7-9-18/h4-9,11,13-17H,10,12,31H2,1-3H3/b14-4-/t17-/m1/s1. The molecule has 0 radical (unpaired) electrons. The van der Waals surface area contributed by atoms with E-state index in [9.17, 15) is 26.4 Å². The minimum Gasteiger partial charge on any atom is -0.382 e. The first kappa shape index (κ1) is 28.7. The van der Waals surface area contributed by atoms with Gasteiger partial charge in [-0.3, -0.25) is 9.78 Å². The average molecular weight is 573 g/mol. The van der Waals surface area contributed by atoms with E-state index in [0.717, 1.165) is 23.7 Å². The Hall–Kier alpha value is -4.26. The number of nitrogen functional groups attached to an aromatic ring is 1. The van der Waals surface area contributed by atoms with Gasteiger partial charge in [-0.15, -0.1) is 0 Å². The van der Waals surface area contributed by atoms with Crippen molar-refractivity contribution in [1.82, 2.24) is 24.5 Å². The van der Waals surface area contributed by atoms with Crippen molar-refractivity contribution in [2.24, 2.45) is 0 Å². The highest BCUT2D eigenvalue weighted by molar-refractivity contribution is 7.91. The summed E-state index contributed by atoms with van der Waals surface area (Å²) in [5, 5.41) is 4.24. The van der Waals surface area contributed by atoms with Crippen LogP contribution in [0, 0.1) is 0 Å². The molecular weight excluding hydrogens is 545 g/mol. The lowest BCUT2D eigenvalue weighted by atomic mass is 10.1. The first-order chi connectivity index (χ1) is 18.8. The topological polar surface area (TPSA) is 124 Å². The number of aryl methyl sites for hydroxylation is 1. The molecule has 40 heavy (non-hydrogen) atoms. The third-order valence-corrected chi connectivity index (χ3v) is 7.47. The van der Waals surface area contributed by atoms with E-state index in [1.54, 1.807) is 6.20 Å². The molecule has 0 fully saturated rings. The van der Waals surface area contributed by atoms with Crippen molar-refractivity contribution < 1.29 is 26.4 Å². The number of benzene rings is 1. The van der Waals surface area contributed by atoms with Crippen molar-refractivity contribution in [3.05, 3.63) is 72.8 Å². The van der Waals surface area contributed by atoms with Crippen LogP contribution in [0.15, 0.2) is 72.0 Å². The third-order valence-electron chi connectivity index (χ3n) is 6.28. The number of hydrogen-bond acceptors (Lipinski definition) is 7. The summed E-state index contributed by atoms with van der Waals surface area (Å²) >= 11 is 0. The van der Waals surface area contributed by atoms with Crippen LogP contribution in [0.5, 0.6) is 0 Å². The van der Waals surface area contributed by atoms with Crippen LogP contribution in [0.3, 0.4) is 0 Å². The molecule has 9 nitrogen and oxygen atoms in total. The van der Waals surface area contributed by atoms with Gasteiger partial charge < -0.3 is 10.6 Å². The van der Waals surface area contributed by atoms with Crippen molar-refractivity contribution >= 4 is 27.2 Å². The highest BCUT2D eigenvalue weighted by atomic mass is 32.2. The Morgan fingerprint density at radius 3 is 2.40 bits per heavy atom. The molecule has 4 rings (SSSR count). The number of allylic oxidation sites excluding steroid dienone is 1. The molecule has 210 valence electrons. The molecular formula is C27H27F3N6O3S. The fraction of sp³-hybridized carbons (Fsp3) is 0.259. The number of aromatic nitrogens is 4. The monoisotopic (exact) mass is 572 g/mol. The van der Waals surface area contributed by atoms with Gasteiger partial charge >= 0.3 is 12.1 Å². The van der Waals surface area contributed by atoms with Gasteiger partial charge in [-0.1, -0.05) is 42.5 Å². The number of halogens is 3. The van der Waals surface area contributed by atoms with Gasteiger partial charge in [0.1, 0.15) is 10.7 Å². The van der Waals surface area contributed by atoms with Crippen molar-refractivity contribution in [2.75, 3.05) is 12.0 Å². The van der Waals surface area contributed by atoms with Crippen LogP contribution < -0.4 is 5.73 Å². The Balaban J connectivity index is 1.73. The van der Waals surface area contributed by atoms with E-state index in [0.29, 0.717) is 16.0 Å². The van der Waals surface area contributed by atoms with Crippen molar-refractivity contribution in [1.29, 1.82) is 0 Å². The van der Waals surface area contributed by atoms with E-state index >= 15 is 0 Å². The van der Waals surface area contributed by atoms with Crippen LogP contribution in [0.4, 0.5) is 19.0 Å². The van der Waals surface area contributed by atoms with E-state index < -0.39 is 28.0 Å². The number of fused-ring (bicyclic) bond motifs is 1. The number of pyridine rings is 1. The SMILES string of the molecule is C/C=C\N(C(=O)C(F)(F)F)[C@H](C)CCc1nc2c(-c3ccc(-c4ccccc4)nc3)cnn2c(N)c1S(C)(=O)=O. The van der Waals surface area contributed by atoms with Crippen molar-refractivity contribution in [3.63, 3.8) is 0 Å². The van der Waals surface area contributed by atoms with E-state index in [-0.39, 0.29) is 34.9 Å². The van der Waals surface area contributed by atoms with Crippen molar-refractivity contribution in [3.8, 4) is 22.4 Å². The average Bonchev–Trinajstić information content (AvgIpc) is 3.33. The van der Waals surface area contributed by atoms with Gasteiger partial charge in [0, 0.05) is 41.4 Å². The van der Waals surface area contributed by atoms with Crippen LogP contribution in [-0.4, -0.2) is 57.3 Å². The maximum Gasteiger partial charge on any atom is 0.471 e. The van der Waals surface area contributed by atoms with E-state index in [2.05, 4.69) is 15.1 Å². The van der Waals surface area contributed by atoms with E-state index in [4.69, 9.17) is 5.73 Å². The molecule has 0 saturated heterocycles. The lowest BCUT2D eigenvalue weighted by Crippen LogP contribution is -2.42. The number of amides is 1. The first-order valence-electron chi connectivity index (χ1n) is 12.2. The van der Waals surface area contributed by atoms with Crippen LogP contribution >= 0.6 is 0 Å². The number of anilines is 1. The number of rotatable bonds is 8. The van der Waals surface area contributed by atoms with Gasteiger partial charge in [0.05, 0.1) is 17.6 Å². The zero-order chi connectivity index (χ0) is 29.2. The number of hydrogen-bond donors (Lipinski definition) is 1. The highest BCUT2D eigenvalue weighted by Gasteiger charge is 2.43. The quantitative estimate of drug-likeness (QED) is 0.325. The second-order valence-electron chi connectivity index (χ2n) is 9.22. The van der Waals surface area contributed by atoms with Gasteiger partial charge in [-0.25, -0.2) is 13.4 Å². The fourth-order valence-electron chi connectivity index (χ4n) is 4.36. The van der Waals surface area contributed by atoms with Crippen LogP contribution in [0.1, 0.15) is 26.0 Å². The summed E-state index contributed by atoms with van der Waals surface area (Å²) in [6.07, 6.45) is 1.31. The zero-order valence-electron chi connectivity index (χ0n) is 21.9. The molecule has 0 bridgehead atoms. The van der Waals surface area contributed by atoms with Gasteiger partial charge in [0.15, 0.2) is 15.5 Å². The molecule has 1 amide bonds. The summed E-state index contributed by atoms with van der Waals surface area (Å²) in [5.41, 5.74) is 9.46. The zero-order valence-corrected chi connectivity index (χ0v) is 22.7. The number of carbonyl (C=O) groups excluding carboxylic acids is 1. The summed E-state index contributed by atoms with van der Waals surface area (Å²) in [4.78, 5) is 21.3. The molecule has 0 spiro atoms. The molecule has 2 N–H and O–H groups in total. The van der Waals surface area contributed by atoms with E-state index in [1.807, 2.05) is 42.5 Å². The Kier molecular flexibility index (Phi) is 7.96. The maximum atomic E-state index is 13.1. The van der Waals surface area contributed by atoms with E-state index in [1.165, 1.54) is 30.6 Å². The lowest BCUT2D eigenvalue weighted by molar-refractivity contribution is -0.184. The molecule has 13 heteroatoms. The number of nitrogens with zero attached hydrogens (tertiary/aromatic N) is 5. The Morgan fingerprint density at radius 1 is 1.12 bits per heavy atom. The predicted octanol–water partition coefficient (Wildman–Crippen LogP) is 4.69. The van der Waals surface area contributed by atoms with Gasteiger partial charge in [-0.2, -0.15) is 22.8 Å². The van der Waals surface area contributed by atoms with Crippen LogP contribution in [0.25, 0.3) is 28.0 Å². The maximum absolute atomic E-state index is 13.1. The second-order valence-corrected chi connectivity index (χ2v) is 11.2. The number of sulfone groups is 1. The first-order valence-corrected chi connectivity index (χ1v) is 14.1. The number of carbonyl (C=O) groups is 1. The fourth-order valence-corrected chi connectivity index (χ4v) is 5.41. The molecule has 1 aromatic carbocycles. The summed E-state index contributed by atoms with van der Waals surface area (Å²) in [5.74, 6) is -2.19. The molecule has 4 aromatic rings. The lowest BCUT2D eigenvalue weighted by Gasteiger charge is -2.27. The summed E-state index contributed by atoms with van der Waals surface area (Å²) < 4.78 is 66.0. The molecule has 0 aliphatic carbocycles. The molecule has 0 aliphatic rings. The minimum absolute atomic E-state index is 0.0198. The van der Waals surface area contributed by atoms with Gasteiger partial charge in [0.2, 0.25) is 0 Å².